The van der Waals surface area contributed by atoms with Gasteiger partial charge in [0.1, 0.15) is 0 Å². The van der Waals surface area contributed by atoms with Crippen LogP contribution in [0, 0.1) is 0 Å². The van der Waals surface area contributed by atoms with Crippen molar-refractivity contribution in [3.05, 3.63) is 68.5 Å². The molecule has 0 spiro atoms. The number of carbonyl (C=O) groups excluding carboxylic acids is 2. The number of thiophene rings is 2. The van der Waals surface area contributed by atoms with E-state index in [-0.39, 0.29) is 11.8 Å². The number of anilines is 2. The Balaban J connectivity index is 1.41. The van der Waals surface area contributed by atoms with E-state index in [9.17, 15) is 9.59 Å². The molecule has 29 heavy (non-hydrogen) atoms. The van der Waals surface area contributed by atoms with Crippen molar-refractivity contribution in [1.29, 1.82) is 0 Å². The first-order chi connectivity index (χ1) is 14.2. The number of amides is 2. The van der Waals surface area contributed by atoms with Crippen LogP contribution in [0.25, 0.3) is 0 Å². The van der Waals surface area contributed by atoms with Crippen LogP contribution in [0.1, 0.15) is 45.8 Å². The molecule has 2 amide bonds. The Labute approximate surface area is 178 Å². The molecule has 0 saturated heterocycles. The van der Waals surface area contributed by atoms with Gasteiger partial charge in [-0.05, 0) is 59.9 Å². The second kappa shape index (κ2) is 7.43. The Morgan fingerprint density at radius 3 is 2.52 bits per heavy atom. The van der Waals surface area contributed by atoms with E-state index in [1.807, 2.05) is 52.1 Å². The zero-order valence-electron chi connectivity index (χ0n) is 16.0. The molecule has 0 radical (unpaired) electrons. The number of nitrogens with zero attached hydrogens (tertiary/aromatic N) is 1. The largest absolute Gasteiger partial charge is 0.325 e. The Hall–Kier alpha value is -2.44. The third-order valence-corrected chi connectivity index (χ3v) is 8.03. The molecule has 4 nitrogen and oxygen atoms in total. The molecule has 1 saturated carbocycles. The van der Waals surface area contributed by atoms with E-state index in [2.05, 4.69) is 11.4 Å². The van der Waals surface area contributed by atoms with Gasteiger partial charge >= 0.3 is 0 Å². The summed E-state index contributed by atoms with van der Waals surface area (Å²) in [5.41, 5.74) is 2.42. The number of rotatable bonds is 4. The minimum Gasteiger partial charge on any atom is -0.325 e. The van der Waals surface area contributed by atoms with Crippen LogP contribution >= 0.6 is 22.7 Å². The molecule has 148 valence electrons. The van der Waals surface area contributed by atoms with Crippen LogP contribution in [0.15, 0.2) is 53.2 Å². The van der Waals surface area contributed by atoms with Crippen LogP contribution in [0.3, 0.4) is 0 Å². The number of hydrogen-bond donors (Lipinski definition) is 1. The summed E-state index contributed by atoms with van der Waals surface area (Å²) >= 11 is 3.13. The minimum atomic E-state index is -0.417. The second-order valence-corrected chi connectivity index (χ2v) is 9.64. The lowest BCUT2D eigenvalue weighted by Gasteiger charge is -2.27. The second-order valence-electron chi connectivity index (χ2n) is 7.75. The summed E-state index contributed by atoms with van der Waals surface area (Å²) in [5.74, 6) is 0.111. The van der Waals surface area contributed by atoms with Gasteiger partial charge in [-0.3, -0.25) is 9.59 Å². The average molecular weight is 423 g/mol. The van der Waals surface area contributed by atoms with Crippen molar-refractivity contribution in [1.82, 2.24) is 0 Å². The fraction of sp³-hybridized carbons (Fsp3) is 0.304. The maximum absolute atomic E-state index is 13.4. The van der Waals surface area contributed by atoms with Gasteiger partial charge in [0.25, 0.3) is 5.91 Å². The van der Waals surface area contributed by atoms with E-state index >= 15 is 0 Å². The molecule has 1 aliphatic carbocycles. The normalized spacial score (nSPS) is 17.3. The molecule has 3 heterocycles. The molecule has 1 fully saturated rings. The fourth-order valence-corrected chi connectivity index (χ4v) is 6.22. The summed E-state index contributed by atoms with van der Waals surface area (Å²) < 4.78 is 0. The van der Waals surface area contributed by atoms with E-state index in [0.29, 0.717) is 6.54 Å². The van der Waals surface area contributed by atoms with Crippen molar-refractivity contribution in [2.24, 2.45) is 0 Å². The highest BCUT2D eigenvalue weighted by atomic mass is 32.1. The third kappa shape index (κ3) is 3.20. The Morgan fingerprint density at radius 1 is 1.00 bits per heavy atom. The number of benzene rings is 1. The molecule has 2 aliphatic rings. The van der Waals surface area contributed by atoms with Crippen LogP contribution < -0.4 is 10.2 Å². The maximum Gasteiger partial charge on any atom is 0.268 e. The van der Waals surface area contributed by atoms with Gasteiger partial charge in [-0.25, -0.2) is 0 Å². The zero-order chi connectivity index (χ0) is 19.8. The first-order valence-corrected chi connectivity index (χ1v) is 11.8. The van der Waals surface area contributed by atoms with Crippen molar-refractivity contribution in [3.63, 3.8) is 0 Å². The number of nitrogens with one attached hydrogen (secondary N) is 1. The molecule has 6 heteroatoms. The van der Waals surface area contributed by atoms with Crippen molar-refractivity contribution in [2.45, 2.75) is 37.5 Å². The monoisotopic (exact) mass is 422 g/mol. The van der Waals surface area contributed by atoms with E-state index in [1.54, 1.807) is 11.3 Å². The van der Waals surface area contributed by atoms with Crippen molar-refractivity contribution in [2.75, 3.05) is 16.8 Å². The maximum atomic E-state index is 13.4. The molecule has 5 rings (SSSR count). The summed E-state index contributed by atoms with van der Waals surface area (Å²) in [7, 11) is 0. The molecular formula is C23H22N2O2S2. The topological polar surface area (TPSA) is 49.4 Å². The molecule has 1 aromatic carbocycles. The molecule has 2 aromatic heterocycles. The predicted molar refractivity (Wildman–Crippen MR) is 119 cm³/mol. The summed E-state index contributed by atoms with van der Waals surface area (Å²) in [6, 6.07) is 13.8. The fourth-order valence-electron chi connectivity index (χ4n) is 4.57. The lowest BCUT2D eigenvalue weighted by molar-refractivity contribution is -0.121. The highest BCUT2D eigenvalue weighted by Crippen LogP contribution is 2.44. The molecule has 0 atom stereocenters. The average Bonchev–Trinajstić information content (AvgIpc) is 3.54. The lowest BCUT2D eigenvalue weighted by Crippen LogP contribution is -2.37. The van der Waals surface area contributed by atoms with Crippen LogP contribution in [0.4, 0.5) is 11.4 Å². The van der Waals surface area contributed by atoms with Gasteiger partial charge in [-0.15, -0.1) is 22.7 Å². The highest BCUT2D eigenvalue weighted by Gasteiger charge is 2.43. The standard InChI is InChI=1S/C23H22N2O2S2/c26-21(19-5-3-13-28-19)25-12-9-16-7-8-17(15-18(16)25)24-22(27)23(10-1-2-11-23)20-6-4-14-29-20/h3-8,13-15H,1-2,9-12H2,(H,24,27). The molecular weight excluding hydrogens is 400 g/mol. The molecule has 0 unspecified atom stereocenters. The van der Waals surface area contributed by atoms with Gasteiger partial charge < -0.3 is 10.2 Å². The number of carbonyl (C=O) groups is 2. The van der Waals surface area contributed by atoms with Gasteiger partial charge in [-0.2, -0.15) is 0 Å². The Bertz CT molecular complexity index is 1040. The van der Waals surface area contributed by atoms with Crippen molar-refractivity contribution < 1.29 is 9.59 Å². The van der Waals surface area contributed by atoms with Crippen molar-refractivity contribution in [3.8, 4) is 0 Å². The molecule has 3 aromatic rings. The minimum absolute atomic E-state index is 0.0353. The lowest BCUT2D eigenvalue weighted by atomic mass is 9.83. The van der Waals surface area contributed by atoms with Crippen molar-refractivity contribution >= 4 is 45.9 Å². The van der Waals surface area contributed by atoms with E-state index in [1.165, 1.54) is 11.3 Å². The molecule has 1 aliphatic heterocycles. The first-order valence-electron chi connectivity index (χ1n) is 10.0. The zero-order valence-corrected chi connectivity index (χ0v) is 17.7. The molecule has 0 bridgehead atoms. The van der Waals surface area contributed by atoms with Gasteiger partial charge in [-0.1, -0.05) is 31.0 Å². The quantitative estimate of drug-likeness (QED) is 0.607. The number of fused-ring (bicyclic) bond motifs is 1. The van der Waals surface area contributed by atoms with E-state index < -0.39 is 5.41 Å². The van der Waals surface area contributed by atoms with Gasteiger partial charge in [0.05, 0.1) is 10.3 Å². The Kier molecular flexibility index (Phi) is 4.76. The molecule has 1 N–H and O–H groups in total. The Morgan fingerprint density at radius 2 is 1.79 bits per heavy atom. The van der Waals surface area contributed by atoms with Gasteiger partial charge in [0, 0.05) is 22.8 Å². The van der Waals surface area contributed by atoms with E-state index in [0.717, 1.165) is 58.8 Å². The van der Waals surface area contributed by atoms with Crippen LogP contribution in [-0.2, 0) is 16.6 Å². The summed E-state index contributed by atoms with van der Waals surface area (Å²) in [6.45, 7) is 0.683. The first kappa shape index (κ1) is 18.6. The predicted octanol–water partition coefficient (Wildman–Crippen LogP) is 5.46. The van der Waals surface area contributed by atoms with Crippen LogP contribution in [0.5, 0.6) is 0 Å². The summed E-state index contributed by atoms with van der Waals surface area (Å²) in [5, 5.41) is 7.14. The van der Waals surface area contributed by atoms with Crippen LogP contribution in [0.2, 0.25) is 0 Å². The number of hydrogen-bond acceptors (Lipinski definition) is 4. The van der Waals surface area contributed by atoms with E-state index in [4.69, 9.17) is 0 Å². The van der Waals surface area contributed by atoms with Gasteiger partial charge in [0.15, 0.2) is 0 Å². The summed E-state index contributed by atoms with van der Waals surface area (Å²) in [6.07, 6.45) is 4.80. The summed E-state index contributed by atoms with van der Waals surface area (Å²) in [4.78, 5) is 30.0. The third-order valence-electron chi connectivity index (χ3n) is 6.10. The SMILES string of the molecule is O=C(c1cccs1)N1CCc2ccc(NC(=O)C3(c4cccs4)CCCC3)cc21. The smallest absolute Gasteiger partial charge is 0.268 e. The van der Waals surface area contributed by atoms with Gasteiger partial charge in [0.2, 0.25) is 5.91 Å². The highest BCUT2D eigenvalue weighted by molar-refractivity contribution is 7.12. The van der Waals surface area contributed by atoms with Crippen LogP contribution in [-0.4, -0.2) is 18.4 Å².